The molecule has 2 aromatic heterocycles. The fourth-order valence-corrected chi connectivity index (χ4v) is 2.09. The number of nitrogens with zero attached hydrogens (tertiary/aromatic N) is 2. The maximum atomic E-state index is 12.3. The van der Waals surface area contributed by atoms with Crippen LogP contribution in [0.4, 0.5) is 11.4 Å². The maximum absolute atomic E-state index is 12.3. The number of nitrogen functional groups attached to an aromatic ring is 1. The first-order chi connectivity index (χ1) is 9.66. The predicted molar refractivity (Wildman–Crippen MR) is 78.7 cm³/mol. The molecule has 0 fully saturated rings. The zero-order valence-corrected chi connectivity index (χ0v) is 11.0. The Bertz CT molecular complexity index is 791. The van der Waals surface area contributed by atoms with Crippen LogP contribution in [-0.2, 0) is 0 Å². The molecule has 5 heteroatoms. The Morgan fingerprint density at radius 1 is 1.25 bits per heavy atom. The standard InChI is InChI=1S/C15H14N4O/c1-10-12(16)5-4-6-13(10)18-15(20)11-9-17-19-8-3-2-7-14(11)19/h2-9H,16H2,1H3,(H,18,20). The molecule has 3 N–H and O–H groups in total. The third-order valence-corrected chi connectivity index (χ3v) is 3.30. The van der Waals surface area contributed by atoms with E-state index in [0.717, 1.165) is 11.1 Å². The molecule has 2 heterocycles. The molecule has 3 rings (SSSR count). The number of anilines is 2. The molecule has 0 bridgehead atoms. The number of hydrogen-bond donors (Lipinski definition) is 2. The number of amides is 1. The van der Waals surface area contributed by atoms with E-state index in [1.165, 1.54) is 0 Å². The highest BCUT2D eigenvalue weighted by Crippen LogP contribution is 2.21. The summed E-state index contributed by atoms with van der Waals surface area (Å²) in [5.74, 6) is -0.195. The lowest BCUT2D eigenvalue weighted by atomic mass is 10.1. The van der Waals surface area contributed by atoms with Gasteiger partial charge in [0.05, 0.1) is 17.3 Å². The van der Waals surface area contributed by atoms with E-state index in [4.69, 9.17) is 5.73 Å². The van der Waals surface area contributed by atoms with Crippen LogP contribution in [0.5, 0.6) is 0 Å². The molecule has 1 aromatic carbocycles. The van der Waals surface area contributed by atoms with E-state index in [9.17, 15) is 4.79 Å². The number of fused-ring (bicyclic) bond motifs is 1. The number of carbonyl (C=O) groups is 1. The summed E-state index contributed by atoms with van der Waals surface area (Å²) < 4.78 is 1.67. The van der Waals surface area contributed by atoms with Gasteiger partial charge >= 0.3 is 0 Å². The highest BCUT2D eigenvalue weighted by molar-refractivity contribution is 6.09. The Hall–Kier alpha value is -2.82. The van der Waals surface area contributed by atoms with Crippen LogP contribution in [0.2, 0.25) is 0 Å². The van der Waals surface area contributed by atoms with Crippen LogP contribution >= 0.6 is 0 Å². The molecule has 100 valence electrons. The molecule has 20 heavy (non-hydrogen) atoms. The number of nitrogens with two attached hydrogens (primary N) is 1. The minimum atomic E-state index is -0.195. The fraction of sp³-hybridized carbons (Fsp3) is 0.0667. The number of aromatic nitrogens is 2. The van der Waals surface area contributed by atoms with Crippen molar-refractivity contribution in [3.8, 4) is 0 Å². The highest BCUT2D eigenvalue weighted by Gasteiger charge is 2.13. The molecule has 0 saturated carbocycles. The van der Waals surface area contributed by atoms with E-state index in [0.29, 0.717) is 16.9 Å². The molecule has 0 aliphatic heterocycles. The Balaban J connectivity index is 1.95. The third-order valence-electron chi connectivity index (χ3n) is 3.30. The van der Waals surface area contributed by atoms with Crippen LogP contribution < -0.4 is 11.1 Å². The van der Waals surface area contributed by atoms with E-state index in [-0.39, 0.29) is 5.91 Å². The van der Waals surface area contributed by atoms with Crippen molar-refractivity contribution < 1.29 is 4.79 Å². The molecule has 5 nitrogen and oxygen atoms in total. The van der Waals surface area contributed by atoms with E-state index in [1.807, 2.05) is 37.3 Å². The van der Waals surface area contributed by atoms with Gasteiger partial charge in [-0.25, -0.2) is 4.52 Å². The highest BCUT2D eigenvalue weighted by atomic mass is 16.1. The van der Waals surface area contributed by atoms with Crippen LogP contribution in [0.15, 0.2) is 48.8 Å². The fourth-order valence-electron chi connectivity index (χ4n) is 2.09. The molecule has 0 saturated heterocycles. The van der Waals surface area contributed by atoms with Crippen LogP contribution in [0.3, 0.4) is 0 Å². The molecule has 0 unspecified atom stereocenters. The lowest BCUT2D eigenvalue weighted by Gasteiger charge is -2.09. The summed E-state index contributed by atoms with van der Waals surface area (Å²) in [5.41, 5.74) is 9.37. The second-order valence-corrected chi connectivity index (χ2v) is 4.56. The first-order valence-electron chi connectivity index (χ1n) is 6.25. The van der Waals surface area contributed by atoms with E-state index < -0.39 is 0 Å². The number of pyridine rings is 1. The van der Waals surface area contributed by atoms with Gasteiger partial charge in [-0.15, -0.1) is 0 Å². The normalized spacial score (nSPS) is 10.7. The molecule has 0 aliphatic carbocycles. The second-order valence-electron chi connectivity index (χ2n) is 4.56. The molecular weight excluding hydrogens is 252 g/mol. The average Bonchev–Trinajstić information content (AvgIpc) is 2.88. The van der Waals surface area contributed by atoms with E-state index in [1.54, 1.807) is 23.0 Å². The van der Waals surface area contributed by atoms with Crippen molar-refractivity contribution in [1.82, 2.24) is 9.61 Å². The van der Waals surface area contributed by atoms with E-state index >= 15 is 0 Å². The van der Waals surface area contributed by atoms with Crippen LogP contribution in [0.25, 0.3) is 5.52 Å². The van der Waals surface area contributed by atoms with Gasteiger partial charge in [0.2, 0.25) is 0 Å². The molecule has 3 aromatic rings. The minimum Gasteiger partial charge on any atom is -0.398 e. The van der Waals surface area contributed by atoms with Crippen molar-refractivity contribution in [2.45, 2.75) is 6.92 Å². The summed E-state index contributed by atoms with van der Waals surface area (Å²) in [6, 6.07) is 11.0. The number of benzene rings is 1. The number of rotatable bonds is 2. The Morgan fingerprint density at radius 2 is 2.10 bits per heavy atom. The van der Waals surface area contributed by atoms with Gasteiger partial charge < -0.3 is 11.1 Å². The minimum absolute atomic E-state index is 0.195. The SMILES string of the molecule is Cc1c(N)cccc1NC(=O)c1cnn2ccccc12. The predicted octanol–water partition coefficient (Wildman–Crippen LogP) is 2.48. The molecule has 0 atom stereocenters. The molecule has 0 spiro atoms. The number of hydrogen-bond acceptors (Lipinski definition) is 3. The van der Waals surface area contributed by atoms with Gasteiger partial charge in [-0.3, -0.25) is 4.79 Å². The van der Waals surface area contributed by atoms with Crippen LogP contribution in [0.1, 0.15) is 15.9 Å². The Labute approximate surface area is 116 Å². The second kappa shape index (κ2) is 4.70. The largest absolute Gasteiger partial charge is 0.398 e. The van der Waals surface area contributed by atoms with Gasteiger partial charge in [0.25, 0.3) is 5.91 Å². The maximum Gasteiger partial charge on any atom is 0.259 e. The molecule has 0 aliphatic rings. The zero-order valence-electron chi connectivity index (χ0n) is 11.0. The van der Waals surface area contributed by atoms with Crippen molar-refractivity contribution in [1.29, 1.82) is 0 Å². The van der Waals surface area contributed by atoms with Crippen LogP contribution in [-0.4, -0.2) is 15.5 Å². The summed E-state index contributed by atoms with van der Waals surface area (Å²) in [7, 11) is 0. The lowest BCUT2D eigenvalue weighted by Crippen LogP contribution is -2.13. The Kier molecular flexibility index (Phi) is 2.87. The summed E-state index contributed by atoms with van der Waals surface area (Å²) in [4.78, 5) is 12.3. The number of carbonyl (C=O) groups excluding carboxylic acids is 1. The summed E-state index contributed by atoms with van der Waals surface area (Å²) in [5, 5.41) is 7.03. The van der Waals surface area contributed by atoms with Gasteiger partial charge in [0, 0.05) is 17.6 Å². The van der Waals surface area contributed by atoms with Crippen molar-refractivity contribution >= 4 is 22.8 Å². The van der Waals surface area contributed by atoms with Crippen molar-refractivity contribution in [2.24, 2.45) is 0 Å². The first kappa shape index (κ1) is 12.2. The van der Waals surface area contributed by atoms with Crippen molar-refractivity contribution in [3.63, 3.8) is 0 Å². The van der Waals surface area contributed by atoms with E-state index in [2.05, 4.69) is 10.4 Å². The van der Waals surface area contributed by atoms with Crippen LogP contribution in [0, 0.1) is 6.92 Å². The Morgan fingerprint density at radius 3 is 2.95 bits per heavy atom. The van der Waals surface area contributed by atoms with Gasteiger partial charge in [0.15, 0.2) is 0 Å². The smallest absolute Gasteiger partial charge is 0.259 e. The van der Waals surface area contributed by atoms with Crippen molar-refractivity contribution in [3.05, 3.63) is 59.9 Å². The first-order valence-corrected chi connectivity index (χ1v) is 6.25. The quantitative estimate of drug-likeness (QED) is 0.700. The molecule has 1 amide bonds. The average molecular weight is 266 g/mol. The van der Waals surface area contributed by atoms with Gasteiger partial charge in [-0.1, -0.05) is 12.1 Å². The lowest BCUT2D eigenvalue weighted by molar-refractivity contribution is 0.102. The number of nitrogens with one attached hydrogen (secondary N) is 1. The van der Waals surface area contributed by atoms with Gasteiger partial charge in [-0.05, 0) is 36.8 Å². The summed E-state index contributed by atoms with van der Waals surface area (Å²) in [6.07, 6.45) is 3.37. The summed E-state index contributed by atoms with van der Waals surface area (Å²) in [6.45, 7) is 1.88. The molecular formula is C15H14N4O. The van der Waals surface area contributed by atoms with Crippen molar-refractivity contribution in [2.75, 3.05) is 11.1 Å². The monoisotopic (exact) mass is 266 g/mol. The topological polar surface area (TPSA) is 72.4 Å². The van der Waals surface area contributed by atoms with Gasteiger partial charge in [-0.2, -0.15) is 5.10 Å². The summed E-state index contributed by atoms with van der Waals surface area (Å²) >= 11 is 0. The third kappa shape index (κ3) is 1.99. The molecule has 0 radical (unpaired) electrons. The zero-order chi connectivity index (χ0) is 14.1. The van der Waals surface area contributed by atoms with Gasteiger partial charge in [0.1, 0.15) is 0 Å².